The van der Waals surface area contributed by atoms with E-state index in [4.69, 9.17) is 0 Å². The van der Waals surface area contributed by atoms with Gasteiger partial charge in [-0.1, -0.05) is 19.1 Å². The number of carbonyl (C=O) groups is 1. The SMILES string of the molecule is Cc1cccc(NCCC(=O)N2CCC(C)CC2)c1. The third kappa shape index (κ3) is 4.27. The Balaban J connectivity index is 1.72. The molecule has 0 spiro atoms. The molecule has 1 saturated heterocycles. The van der Waals surface area contributed by atoms with Crippen molar-refractivity contribution >= 4 is 11.6 Å². The molecule has 0 saturated carbocycles. The number of hydrogen-bond acceptors (Lipinski definition) is 2. The largest absolute Gasteiger partial charge is 0.385 e. The molecule has 0 bridgehead atoms. The van der Waals surface area contributed by atoms with E-state index in [-0.39, 0.29) is 5.91 Å². The van der Waals surface area contributed by atoms with Crippen LogP contribution in [0.15, 0.2) is 24.3 Å². The summed E-state index contributed by atoms with van der Waals surface area (Å²) in [6.07, 6.45) is 2.89. The van der Waals surface area contributed by atoms with Crippen molar-refractivity contribution in [2.45, 2.75) is 33.1 Å². The summed E-state index contributed by atoms with van der Waals surface area (Å²) >= 11 is 0. The van der Waals surface area contributed by atoms with Crippen LogP contribution in [-0.2, 0) is 4.79 Å². The molecule has 0 unspecified atom stereocenters. The molecule has 3 nitrogen and oxygen atoms in total. The van der Waals surface area contributed by atoms with E-state index < -0.39 is 0 Å². The van der Waals surface area contributed by atoms with E-state index in [1.165, 1.54) is 5.56 Å². The molecule has 0 atom stereocenters. The first-order chi connectivity index (χ1) is 9.15. The minimum Gasteiger partial charge on any atom is -0.385 e. The number of rotatable bonds is 4. The van der Waals surface area contributed by atoms with Crippen molar-refractivity contribution in [3.8, 4) is 0 Å². The lowest BCUT2D eigenvalue weighted by Gasteiger charge is -2.30. The maximum Gasteiger partial charge on any atom is 0.224 e. The van der Waals surface area contributed by atoms with Gasteiger partial charge in [0, 0.05) is 31.7 Å². The fourth-order valence-corrected chi connectivity index (χ4v) is 2.48. The number of anilines is 1. The minimum absolute atomic E-state index is 0.284. The highest BCUT2D eigenvalue weighted by Crippen LogP contribution is 2.16. The van der Waals surface area contributed by atoms with Crippen LogP contribution in [0.5, 0.6) is 0 Å². The molecule has 0 aliphatic carbocycles. The Hall–Kier alpha value is -1.51. The highest BCUT2D eigenvalue weighted by molar-refractivity contribution is 5.76. The van der Waals surface area contributed by atoms with E-state index in [0.717, 1.165) is 37.5 Å². The number of carbonyl (C=O) groups excluding carboxylic acids is 1. The van der Waals surface area contributed by atoms with Crippen molar-refractivity contribution in [3.05, 3.63) is 29.8 Å². The molecule has 1 amide bonds. The average molecular weight is 260 g/mol. The second-order valence-corrected chi connectivity index (χ2v) is 5.61. The Morgan fingerprint density at radius 1 is 1.37 bits per heavy atom. The molecule has 1 aromatic carbocycles. The van der Waals surface area contributed by atoms with Gasteiger partial charge < -0.3 is 10.2 Å². The van der Waals surface area contributed by atoms with Gasteiger partial charge in [-0.05, 0) is 43.4 Å². The van der Waals surface area contributed by atoms with Crippen molar-refractivity contribution in [3.63, 3.8) is 0 Å². The Morgan fingerprint density at radius 2 is 2.11 bits per heavy atom. The number of likely N-dealkylation sites (tertiary alicyclic amines) is 1. The number of aryl methyl sites for hydroxylation is 1. The molecule has 19 heavy (non-hydrogen) atoms. The van der Waals surface area contributed by atoms with Crippen LogP contribution in [-0.4, -0.2) is 30.4 Å². The van der Waals surface area contributed by atoms with Gasteiger partial charge in [0.05, 0.1) is 0 Å². The molecular formula is C16H24N2O. The van der Waals surface area contributed by atoms with Crippen LogP contribution in [0.1, 0.15) is 31.7 Å². The Bertz CT molecular complexity index is 423. The molecule has 1 N–H and O–H groups in total. The van der Waals surface area contributed by atoms with Crippen molar-refractivity contribution in [1.82, 2.24) is 4.90 Å². The summed E-state index contributed by atoms with van der Waals surface area (Å²) in [5, 5.41) is 3.32. The zero-order chi connectivity index (χ0) is 13.7. The molecule has 2 rings (SSSR count). The fraction of sp³-hybridized carbons (Fsp3) is 0.562. The van der Waals surface area contributed by atoms with Gasteiger partial charge in [0.1, 0.15) is 0 Å². The van der Waals surface area contributed by atoms with Crippen LogP contribution in [0.4, 0.5) is 5.69 Å². The molecule has 1 fully saturated rings. The summed E-state index contributed by atoms with van der Waals surface area (Å²) in [6, 6.07) is 8.25. The van der Waals surface area contributed by atoms with Gasteiger partial charge >= 0.3 is 0 Å². The Morgan fingerprint density at radius 3 is 2.79 bits per heavy atom. The average Bonchev–Trinajstić information content (AvgIpc) is 2.39. The zero-order valence-corrected chi connectivity index (χ0v) is 12.0. The number of nitrogens with zero attached hydrogens (tertiary/aromatic N) is 1. The third-order valence-corrected chi connectivity index (χ3v) is 3.82. The summed E-state index contributed by atoms with van der Waals surface area (Å²) in [6.45, 7) is 6.93. The molecule has 104 valence electrons. The highest BCUT2D eigenvalue weighted by Gasteiger charge is 2.19. The van der Waals surface area contributed by atoms with E-state index in [9.17, 15) is 4.79 Å². The lowest BCUT2D eigenvalue weighted by atomic mass is 9.99. The standard InChI is InChI=1S/C16H24N2O/c1-13-7-10-18(11-8-13)16(19)6-9-17-15-5-3-4-14(2)12-15/h3-5,12-13,17H,6-11H2,1-2H3. The first-order valence-electron chi connectivity index (χ1n) is 7.23. The van der Waals surface area contributed by atoms with E-state index >= 15 is 0 Å². The number of benzene rings is 1. The lowest BCUT2D eigenvalue weighted by molar-refractivity contribution is -0.132. The second kappa shape index (κ2) is 6.60. The summed E-state index contributed by atoms with van der Waals surface area (Å²) in [4.78, 5) is 14.1. The normalized spacial score (nSPS) is 16.4. The van der Waals surface area contributed by atoms with E-state index in [1.807, 2.05) is 17.0 Å². The predicted molar refractivity (Wildman–Crippen MR) is 79.3 cm³/mol. The van der Waals surface area contributed by atoms with Gasteiger partial charge in [0.2, 0.25) is 5.91 Å². The minimum atomic E-state index is 0.284. The molecule has 1 aliphatic heterocycles. The summed E-state index contributed by atoms with van der Waals surface area (Å²) in [5.41, 5.74) is 2.33. The van der Waals surface area contributed by atoms with Gasteiger partial charge in [-0.15, -0.1) is 0 Å². The van der Waals surface area contributed by atoms with Gasteiger partial charge in [-0.25, -0.2) is 0 Å². The predicted octanol–water partition coefficient (Wildman–Crippen LogP) is 3.06. The fourth-order valence-electron chi connectivity index (χ4n) is 2.48. The van der Waals surface area contributed by atoms with Crippen LogP contribution in [0.2, 0.25) is 0 Å². The monoisotopic (exact) mass is 260 g/mol. The summed E-state index contributed by atoms with van der Waals surface area (Å²) in [7, 11) is 0. The number of hydrogen-bond donors (Lipinski definition) is 1. The first-order valence-corrected chi connectivity index (χ1v) is 7.23. The zero-order valence-electron chi connectivity index (χ0n) is 12.0. The molecule has 0 radical (unpaired) electrons. The first kappa shape index (κ1) is 13.9. The van der Waals surface area contributed by atoms with Gasteiger partial charge in [-0.3, -0.25) is 4.79 Å². The number of amides is 1. The van der Waals surface area contributed by atoms with Crippen LogP contribution >= 0.6 is 0 Å². The lowest BCUT2D eigenvalue weighted by Crippen LogP contribution is -2.38. The molecule has 1 aliphatic rings. The second-order valence-electron chi connectivity index (χ2n) is 5.61. The topological polar surface area (TPSA) is 32.3 Å². The van der Waals surface area contributed by atoms with Crippen molar-refractivity contribution in [2.24, 2.45) is 5.92 Å². The van der Waals surface area contributed by atoms with E-state index in [0.29, 0.717) is 13.0 Å². The van der Waals surface area contributed by atoms with E-state index in [2.05, 4.69) is 31.3 Å². The third-order valence-electron chi connectivity index (χ3n) is 3.82. The van der Waals surface area contributed by atoms with Gasteiger partial charge in [0.15, 0.2) is 0 Å². The molecule has 1 aromatic rings. The van der Waals surface area contributed by atoms with Crippen molar-refractivity contribution in [2.75, 3.05) is 25.0 Å². The quantitative estimate of drug-likeness (QED) is 0.902. The summed E-state index contributed by atoms with van der Waals surface area (Å²) in [5.74, 6) is 1.06. The van der Waals surface area contributed by atoms with E-state index in [1.54, 1.807) is 0 Å². The molecule has 3 heteroatoms. The maximum atomic E-state index is 12.0. The molecule has 1 heterocycles. The van der Waals surface area contributed by atoms with Crippen LogP contribution in [0, 0.1) is 12.8 Å². The van der Waals surface area contributed by atoms with Gasteiger partial charge in [-0.2, -0.15) is 0 Å². The molecular weight excluding hydrogens is 236 g/mol. The summed E-state index contributed by atoms with van der Waals surface area (Å²) < 4.78 is 0. The number of nitrogens with one attached hydrogen (secondary N) is 1. The maximum absolute atomic E-state index is 12.0. The van der Waals surface area contributed by atoms with Crippen LogP contribution < -0.4 is 5.32 Å². The Labute approximate surface area is 116 Å². The number of piperidine rings is 1. The van der Waals surface area contributed by atoms with Gasteiger partial charge in [0.25, 0.3) is 0 Å². The van der Waals surface area contributed by atoms with Crippen LogP contribution in [0.25, 0.3) is 0 Å². The molecule has 0 aromatic heterocycles. The van der Waals surface area contributed by atoms with Crippen LogP contribution in [0.3, 0.4) is 0 Å². The highest BCUT2D eigenvalue weighted by atomic mass is 16.2. The van der Waals surface area contributed by atoms with Crippen molar-refractivity contribution < 1.29 is 4.79 Å². The van der Waals surface area contributed by atoms with Crippen molar-refractivity contribution in [1.29, 1.82) is 0 Å². The Kier molecular flexibility index (Phi) is 4.83. The smallest absolute Gasteiger partial charge is 0.224 e.